The van der Waals surface area contributed by atoms with E-state index in [1.807, 2.05) is 18.2 Å². The summed E-state index contributed by atoms with van der Waals surface area (Å²) in [6, 6.07) is 10.6. The first-order chi connectivity index (χ1) is 14.8. The fourth-order valence-corrected chi connectivity index (χ4v) is 4.36. The summed E-state index contributed by atoms with van der Waals surface area (Å²) in [5.74, 6) is 2.58. The van der Waals surface area contributed by atoms with E-state index in [1.54, 1.807) is 11.8 Å². The molecule has 2 N–H and O–H groups in total. The van der Waals surface area contributed by atoms with Gasteiger partial charge < -0.3 is 15.4 Å². The standard InChI is InChI=1S/C20H28N8OS/c1-3-21-17-23-18(22-4-2)28-19(24-17)25-26-20(28)30-14-16-13-27(10-11-29-16)12-15-8-6-5-7-9-15/h5-9,16H,3-4,10-14H2,1-2H3,(H2,21,22,23,24,25). The smallest absolute Gasteiger partial charge is 0.261 e. The summed E-state index contributed by atoms with van der Waals surface area (Å²) < 4.78 is 7.88. The second-order valence-corrected chi connectivity index (χ2v) is 8.06. The Morgan fingerprint density at radius 3 is 2.73 bits per heavy atom. The van der Waals surface area contributed by atoms with Crippen LogP contribution in [0.2, 0.25) is 0 Å². The molecule has 30 heavy (non-hydrogen) atoms. The van der Waals surface area contributed by atoms with Crippen LogP contribution in [-0.4, -0.2) is 74.1 Å². The Balaban J connectivity index is 1.42. The largest absolute Gasteiger partial charge is 0.375 e. The molecular weight excluding hydrogens is 400 g/mol. The monoisotopic (exact) mass is 428 g/mol. The molecule has 3 heterocycles. The third kappa shape index (κ3) is 5.00. The van der Waals surface area contributed by atoms with Gasteiger partial charge in [0.25, 0.3) is 5.78 Å². The van der Waals surface area contributed by atoms with Crippen LogP contribution in [0, 0.1) is 0 Å². The summed E-state index contributed by atoms with van der Waals surface area (Å²) in [4.78, 5) is 11.5. The SMILES string of the molecule is CCNc1nc(NCC)n2c(SCC3CN(Cc4ccccc4)CCO3)nnc2n1. The number of ether oxygens (including phenoxy) is 1. The average molecular weight is 429 g/mol. The van der Waals surface area contributed by atoms with Gasteiger partial charge in [-0.25, -0.2) is 4.40 Å². The Hall–Kier alpha value is -2.43. The van der Waals surface area contributed by atoms with E-state index in [2.05, 4.69) is 66.0 Å². The number of nitrogens with one attached hydrogen (secondary N) is 2. The Morgan fingerprint density at radius 2 is 1.93 bits per heavy atom. The van der Waals surface area contributed by atoms with Gasteiger partial charge in [0.1, 0.15) is 0 Å². The van der Waals surface area contributed by atoms with Crippen LogP contribution in [-0.2, 0) is 11.3 Å². The minimum atomic E-state index is 0.143. The van der Waals surface area contributed by atoms with E-state index in [9.17, 15) is 0 Å². The number of fused-ring (bicyclic) bond motifs is 1. The highest BCUT2D eigenvalue weighted by Crippen LogP contribution is 2.23. The maximum Gasteiger partial charge on any atom is 0.261 e. The zero-order valence-corrected chi connectivity index (χ0v) is 18.2. The molecule has 10 heteroatoms. The molecule has 0 spiro atoms. The number of nitrogens with zero attached hydrogens (tertiary/aromatic N) is 6. The van der Waals surface area contributed by atoms with Crippen molar-refractivity contribution in [1.29, 1.82) is 0 Å². The van der Waals surface area contributed by atoms with Gasteiger partial charge in [-0.2, -0.15) is 9.97 Å². The van der Waals surface area contributed by atoms with Gasteiger partial charge in [-0.15, -0.1) is 10.2 Å². The molecule has 1 fully saturated rings. The summed E-state index contributed by atoms with van der Waals surface area (Å²) in [5, 5.41) is 15.8. The van der Waals surface area contributed by atoms with Crippen LogP contribution in [0.3, 0.4) is 0 Å². The van der Waals surface area contributed by atoms with Gasteiger partial charge in [0, 0.05) is 38.5 Å². The highest BCUT2D eigenvalue weighted by atomic mass is 32.2. The average Bonchev–Trinajstić information content (AvgIpc) is 3.17. The summed E-state index contributed by atoms with van der Waals surface area (Å²) in [6.07, 6.45) is 0.143. The summed E-state index contributed by atoms with van der Waals surface area (Å²) >= 11 is 1.63. The maximum atomic E-state index is 6.01. The molecule has 160 valence electrons. The molecule has 0 amide bonds. The highest BCUT2D eigenvalue weighted by Gasteiger charge is 2.22. The first kappa shape index (κ1) is 20.8. The molecule has 2 aromatic heterocycles. The molecule has 1 aliphatic rings. The van der Waals surface area contributed by atoms with Crippen molar-refractivity contribution in [1.82, 2.24) is 29.5 Å². The van der Waals surface area contributed by atoms with Gasteiger partial charge >= 0.3 is 0 Å². The molecule has 0 saturated carbocycles. The van der Waals surface area contributed by atoms with E-state index in [4.69, 9.17) is 4.74 Å². The first-order valence-electron chi connectivity index (χ1n) is 10.4. The van der Waals surface area contributed by atoms with Crippen molar-refractivity contribution in [3.05, 3.63) is 35.9 Å². The molecule has 1 aliphatic heterocycles. The topological polar surface area (TPSA) is 92.5 Å². The van der Waals surface area contributed by atoms with Crippen LogP contribution in [0.5, 0.6) is 0 Å². The predicted molar refractivity (Wildman–Crippen MR) is 119 cm³/mol. The van der Waals surface area contributed by atoms with E-state index in [0.717, 1.165) is 50.2 Å². The molecule has 1 unspecified atom stereocenters. The Morgan fingerprint density at radius 1 is 1.10 bits per heavy atom. The van der Waals surface area contributed by atoms with Crippen molar-refractivity contribution in [2.45, 2.75) is 31.7 Å². The van der Waals surface area contributed by atoms with Crippen LogP contribution >= 0.6 is 11.8 Å². The third-order valence-corrected chi connectivity index (χ3v) is 5.85. The van der Waals surface area contributed by atoms with Crippen molar-refractivity contribution in [3.8, 4) is 0 Å². The zero-order valence-electron chi connectivity index (χ0n) is 17.4. The lowest BCUT2D eigenvalue weighted by molar-refractivity contribution is -0.0187. The molecule has 1 aromatic carbocycles. The molecule has 4 rings (SSSR count). The minimum absolute atomic E-state index is 0.143. The lowest BCUT2D eigenvalue weighted by Crippen LogP contribution is -2.43. The quantitative estimate of drug-likeness (QED) is 0.498. The van der Waals surface area contributed by atoms with E-state index in [1.165, 1.54) is 5.56 Å². The fourth-order valence-electron chi connectivity index (χ4n) is 3.43. The second kappa shape index (κ2) is 10.1. The first-order valence-corrected chi connectivity index (χ1v) is 11.4. The molecule has 0 aliphatic carbocycles. The molecule has 1 saturated heterocycles. The number of aromatic nitrogens is 5. The molecule has 3 aromatic rings. The van der Waals surface area contributed by atoms with Crippen LogP contribution in [0.4, 0.5) is 11.9 Å². The van der Waals surface area contributed by atoms with Gasteiger partial charge in [-0.3, -0.25) is 4.90 Å². The van der Waals surface area contributed by atoms with Crippen molar-refractivity contribution in [2.24, 2.45) is 0 Å². The number of thioether (sulfide) groups is 1. The molecule has 0 bridgehead atoms. The van der Waals surface area contributed by atoms with Crippen molar-refractivity contribution < 1.29 is 4.74 Å². The van der Waals surface area contributed by atoms with Gasteiger partial charge in [0.15, 0.2) is 5.16 Å². The Kier molecular flexibility index (Phi) is 6.98. The molecule has 0 radical (unpaired) electrons. The van der Waals surface area contributed by atoms with Crippen LogP contribution < -0.4 is 10.6 Å². The minimum Gasteiger partial charge on any atom is -0.375 e. The lowest BCUT2D eigenvalue weighted by Gasteiger charge is -2.32. The highest BCUT2D eigenvalue weighted by molar-refractivity contribution is 7.99. The Labute approximate surface area is 180 Å². The summed E-state index contributed by atoms with van der Waals surface area (Å²) in [7, 11) is 0. The number of hydrogen-bond acceptors (Lipinski definition) is 9. The number of anilines is 2. The lowest BCUT2D eigenvalue weighted by atomic mass is 10.2. The molecular formula is C20H28N8OS. The summed E-state index contributed by atoms with van der Waals surface area (Å²) in [6.45, 7) is 9.10. The van der Waals surface area contributed by atoms with Gasteiger partial charge in [0.05, 0.1) is 12.7 Å². The third-order valence-electron chi connectivity index (χ3n) is 4.79. The van der Waals surface area contributed by atoms with E-state index >= 15 is 0 Å². The predicted octanol–water partition coefficient (Wildman–Crippen LogP) is 2.38. The van der Waals surface area contributed by atoms with Gasteiger partial charge in [-0.05, 0) is 19.4 Å². The van der Waals surface area contributed by atoms with Crippen LogP contribution in [0.25, 0.3) is 5.78 Å². The molecule has 9 nitrogen and oxygen atoms in total. The van der Waals surface area contributed by atoms with Crippen molar-refractivity contribution in [2.75, 3.05) is 49.2 Å². The van der Waals surface area contributed by atoms with Crippen molar-refractivity contribution in [3.63, 3.8) is 0 Å². The van der Waals surface area contributed by atoms with Gasteiger partial charge in [0.2, 0.25) is 11.9 Å². The number of morpholine rings is 1. The van der Waals surface area contributed by atoms with E-state index in [0.29, 0.717) is 17.7 Å². The summed E-state index contributed by atoms with van der Waals surface area (Å²) in [5.41, 5.74) is 1.33. The van der Waals surface area contributed by atoms with Crippen LogP contribution in [0.15, 0.2) is 35.5 Å². The van der Waals surface area contributed by atoms with Gasteiger partial charge in [-0.1, -0.05) is 42.1 Å². The number of rotatable bonds is 9. The normalized spacial score (nSPS) is 17.3. The van der Waals surface area contributed by atoms with E-state index < -0.39 is 0 Å². The Bertz CT molecular complexity index is 951. The number of benzene rings is 1. The fraction of sp³-hybridized carbons (Fsp3) is 0.500. The van der Waals surface area contributed by atoms with Crippen molar-refractivity contribution >= 4 is 29.4 Å². The zero-order chi connectivity index (χ0) is 20.8. The van der Waals surface area contributed by atoms with Crippen LogP contribution in [0.1, 0.15) is 19.4 Å². The van der Waals surface area contributed by atoms with E-state index in [-0.39, 0.29) is 6.10 Å². The maximum absolute atomic E-state index is 6.01. The second-order valence-electron chi connectivity index (χ2n) is 7.07. The number of hydrogen-bond donors (Lipinski definition) is 2. The molecule has 1 atom stereocenters.